The van der Waals surface area contributed by atoms with Crippen LogP contribution in [0.4, 0.5) is 0 Å². The normalized spacial score (nSPS) is 24.0. The van der Waals surface area contributed by atoms with Crippen LogP contribution in [0.3, 0.4) is 0 Å². The molecule has 0 unspecified atom stereocenters. The van der Waals surface area contributed by atoms with Gasteiger partial charge in [0.2, 0.25) is 0 Å². The van der Waals surface area contributed by atoms with Crippen molar-refractivity contribution in [1.82, 2.24) is 0 Å². The van der Waals surface area contributed by atoms with E-state index in [1.165, 1.54) is 0 Å². The number of aliphatic hydroxyl groups excluding tert-OH is 1. The van der Waals surface area contributed by atoms with Gasteiger partial charge in [-0.15, -0.1) is 0 Å². The highest BCUT2D eigenvalue weighted by Gasteiger charge is 2.42. The number of hydrogen-bond acceptors (Lipinski definition) is 3. The molecule has 3 nitrogen and oxygen atoms in total. The van der Waals surface area contributed by atoms with E-state index in [9.17, 15) is 5.11 Å². The zero-order valence-electron chi connectivity index (χ0n) is 17.6. The van der Waals surface area contributed by atoms with Gasteiger partial charge in [-0.2, -0.15) is 0 Å². The molecule has 1 aliphatic rings. The minimum absolute atomic E-state index is 0.0663. The van der Waals surface area contributed by atoms with Gasteiger partial charge in [-0.1, -0.05) is 47.6 Å². The van der Waals surface area contributed by atoms with Gasteiger partial charge >= 0.3 is 0 Å². The molecule has 0 saturated heterocycles. The first-order valence-corrected chi connectivity index (χ1v) is 15.1. The lowest BCUT2D eigenvalue weighted by Crippen LogP contribution is -2.48. The molecule has 0 spiro atoms. The molecule has 0 aromatic heterocycles. The lowest BCUT2D eigenvalue weighted by Gasteiger charge is -2.43. The van der Waals surface area contributed by atoms with Gasteiger partial charge in [0.15, 0.2) is 16.6 Å². The van der Waals surface area contributed by atoms with Crippen LogP contribution in [-0.2, 0) is 8.85 Å². The van der Waals surface area contributed by atoms with Gasteiger partial charge in [0.1, 0.15) is 0 Å². The summed E-state index contributed by atoms with van der Waals surface area (Å²) in [7, 11) is -3.64. The summed E-state index contributed by atoms with van der Waals surface area (Å²) in [6.45, 7) is 22.9. The molecule has 1 aliphatic carbocycles. The van der Waals surface area contributed by atoms with Crippen molar-refractivity contribution < 1.29 is 14.0 Å². The Morgan fingerprint density at radius 3 is 1.83 bits per heavy atom. The fourth-order valence-electron chi connectivity index (χ4n) is 2.47. The molecular weight excluding hydrogens is 332 g/mol. The highest BCUT2D eigenvalue weighted by Crippen LogP contribution is 2.41. The van der Waals surface area contributed by atoms with Crippen LogP contribution in [0.2, 0.25) is 36.3 Å². The van der Waals surface area contributed by atoms with Crippen LogP contribution in [-0.4, -0.2) is 40.6 Å². The van der Waals surface area contributed by atoms with Crippen molar-refractivity contribution in [3.63, 3.8) is 0 Å². The van der Waals surface area contributed by atoms with Crippen molar-refractivity contribution in [2.24, 2.45) is 0 Å². The molecule has 2 atom stereocenters. The standard InChI is InChI=1S/C19H40O3Si2/c1-18(2,3)23(7,8)21-16-11-15(14-20)12-17(13-16)22-24(9,10)19(4,5)6/h11,16-17,20H,12-14H2,1-10H3/t16-,17+/m1/s1. The van der Waals surface area contributed by atoms with Crippen LogP contribution in [0.15, 0.2) is 11.6 Å². The third-order valence-corrected chi connectivity index (χ3v) is 15.2. The summed E-state index contributed by atoms with van der Waals surface area (Å²) < 4.78 is 13.2. The quantitative estimate of drug-likeness (QED) is 0.513. The van der Waals surface area contributed by atoms with E-state index in [-0.39, 0.29) is 28.9 Å². The molecule has 0 saturated carbocycles. The highest BCUT2D eigenvalue weighted by atomic mass is 28.4. The van der Waals surface area contributed by atoms with Gasteiger partial charge in [0, 0.05) is 6.42 Å². The minimum Gasteiger partial charge on any atom is -0.414 e. The Balaban J connectivity index is 2.91. The van der Waals surface area contributed by atoms with Crippen LogP contribution in [0, 0.1) is 0 Å². The van der Waals surface area contributed by atoms with Crippen LogP contribution in [0.1, 0.15) is 54.4 Å². The molecule has 0 aromatic carbocycles. The summed E-state index contributed by atoms with van der Waals surface area (Å²) in [6.07, 6.45) is 4.11. The first-order chi connectivity index (χ1) is 10.6. The molecule has 0 heterocycles. The molecule has 142 valence electrons. The smallest absolute Gasteiger partial charge is 0.192 e. The molecule has 24 heavy (non-hydrogen) atoms. The first-order valence-electron chi connectivity index (χ1n) is 9.25. The molecule has 0 bridgehead atoms. The molecule has 0 radical (unpaired) electrons. The van der Waals surface area contributed by atoms with Crippen molar-refractivity contribution in [1.29, 1.82) is 0 Å². The Bertz CT molecular complexity index is 456. The van der Waals surface area contributed by atoms with Crippen LogP contribution in [0.5, 0.6) is 0 Å². The molecule has 0 amide bonds. The number of rotatable bonds is 5. The molecule has 0 aliphatic heterocycles. The van der Waals surface area contributed by atoms with Gasteiger partial charge in [-0.3, -0.25) is 0 Å². The maximum Gasteiger partial charge on any atom is 0.192 e. The maximum absolute atomic E-state index is 9.69. The predicted molar refractivity (Wildman–Crippen MR) is 109 cm³/mol. The Kier molecular flexibility index (Phi) is 6.77. The minimum atomic E-state index is -1.83. The van der Waals surface area contributed by atoms with E-state index in [1.807, 2.05) is 0 Å². The summed E-state index contributed by atoms with van der Waals surface area (Å²) >= 11 is 0. The van der Waals surface area contributed by atoms with E-state index in [4.69, 9.17) is 8.85 Å². The molecule has 0 fully saturated rings. The Hall–Kier alpha value is 0.0538. The Morgan fingerprint density at radius 2 is 1.42 bits per heavy atom. The van der Waals surface area contributed by atoms with Gasteiger partial charge in [-0.05, 0) is 48.3 Å². The van der Waals surface area contributed by atoms with E-state index < -0.39 is 16.6 Å². The zero-order chi connectivity index (χ0) is 19.0. The Morgan fingerprint density at radius 1 is 0.958 bits per heavy atom. The van der Waals surface area contributed by atoms with E-state index in [0.29, 0.717) is 0 Å². The third-order valence-electron chi connectivity index (χ3n) is 6.13. The fourth-order valence-corrected chi connectivity index (χ4v) is 5.11. The van der Waals surface area contributed by atoms with Gasteiger partial charge in [-0.25, -0.2) is 0 Å². The van der Waals surface area contributed by atoms with E-state index in [1.54, 1.807) is 0 Å². The van der Waals surface area contributed by atoms with Crippen LogP contribution < -0.4 is 0 Å². The molecule has 1 N–H and O–H groups in total. The third kappa shape index (κ3) is 5.53. The van der Waals surface area contributed by atoms with Crippen molar-refractivity contribution in [2.75, 3.05) is 6.61 Å². The van der Waals surface area contributed by atoms with Gasteiger partial charge < -0.3 is 14.0 Å². The van der Waals surface area contributed by atoms with Gasteiger partial charge in [0.05, 0.1) is 18.8 Å². The SMILES string of the molecule is CC(C)(C)[Si](C)(C)O[C@H]1CC(CO)=C[C@@H](O[Si](C)(C)C(C)(C)C)C1. The Labute approximate surface area is 152 Å². The monoisotopic (exact) mass is 372 g/mol. The lowest BCUT2D eigenvalue weighted by molar-refractivity contribution is 0.100. The first kappa shape index (κ1) is 22.1. The number of aliphatic hydroxyl groups is 1. The molecule has 5 heteroatoms. The molecule has 0 aromatic rings. The summed E-state index contributed by atoms with van der Waals surface area (Å²) in [5.74, 6) is 0. The van der Waals surface area contributed by atoms with Gasteiger partial charge in [0.25, 0.3) is 0 Å². The molecular formula is C19H40O3Si2. The second-order valence-electron chi connectivity index (χ2n) is 10.3. The summed E-state index contributed by atoms with van der Waals surface area (Å²) in [4.78, 5) is 0. The summed E-state index contributed by atoms with van der Waals surface area (Å²) in [5.41, 5.74) is 1.06. The lowest BCUT2D eigenvalue weighted by atomic mass is 9.95. The maximum atomic E-state index is 9.69. The van der Waals surface area contributed by atoms with Crippen molar-refractivity contribution in [3.05, 3.63) is 11.6 Å². The van der Waals surface area contributed by atoms with E-state index in [2.05, 4.69) is 73.8 Å². The average Bonchev–Trinajstić information content (AvgIpc) is 2.34. The molecule has 1 rings (SSSR count). The van der Waals surface area contributed by atoms with Crippen molar-refractivity contribution in [3.8, 4) is 0 Å². The number of hydrogen-bond donors (Lipinski definition) is 1. The van der Waals surface area contributed by atoms with Crippen LogP contribution >= 0.6 is 0 Å². The zero-order valence-corrected chi connectivity index (χ0v) is 19.6. The summed E-state index contributed by atoms with van der Waals surface area (Å²) in [6, 6.07) is 0. The largest absolute Gasteiger partial charge is 0.414 e. The highest BCUT2D eigenvalue weighted by molar-refractivity contribution is 6.74. The van der Waals surface area contributed by atoms with Crippen LogP contribution in [0.25, 0.3) is 0 Å². The van der Waals surface area contributed by atoms with Crippen molar-refractivity contribution >= 4 is 16.6 Å². The topological polar surface area (TPSA) is 38.7 Å². The van der Waals surface area contributed by atoms with E-state index >= 15 is 0 Å². The second kappa shape index (κ2) is 7.35. The fraction of sp³-hybridized carbons (Fsp3) is 0.895. The summed E-state index contributed by atoms with van der Waals surface area (Å²) in [5, 5.41) is 10.1. The van der Waals surface area contributed by atoms with Crippen molar-refractivity contribution in [2.45, 2.75) is 103 Å². The average molecular weight is 373 g/mol. The second-order valence-corrected chi connectivity index (χ2v) is 19.9. The van der Waals surface area contributed by atoms with E-state index in [0.717, 1.165) is 18.4 Å². The predicted octanol–water partition coefficient (Wildman–Crippen LogP) is 5.48.